The molecule has 0 amide bonds. The second-order valence-electron chi connectivity index (χ2n) is 6.13. The number of carbonyl (C=O) groups is 1. The van der Waals surface area contributed by atoms with Crippen LogP contribution in [0, 0.1) is 0 Å². The molecular formula is C19H24O3. The summed E-state index contributed by atoms with van der Waals surface area (Å²) < 4.78 is 4.97. The van der Waals surface area contributed by atoms with E-state index in [0.717, 1.165) is 17.2 Å². The molecule has 0 bridgehead atoms. The molecule has 0 aliphatic carbocycles. The molecule has 0 unspecified atom stereocenters. The molecule has 118 valence electrons. The van der Waals surface area contributed by atoms with Crippen molar-refractivity contribution in [1.82, 2.24) is 0 Å². The molecule has 0 saturated heterocycles. The number of ether oxygens (including phenoxy) is 1. The third kappa shape index (κ3) is 5.60. The fourth-order valence-electron chi connectivity index (χ4n) is 1.91. The van der Waals surface area contributed by atoms with E-state index in [9.17, 15) is 4.79 Å². The Hall–Kier alpha value is -2.29. The Labute approximate surface area is 132 Å². The maximum absolute atomic E-state index is 10.6. The molecule has 1 aromatic carbocycles. The highest BCUT2D eigenvalue weighted by atomic mass is 16.5. The Bertz CT molecular complexity index is 597. The summed E-state index contributed by atoms with van der Waals surface area (Å²) in [5.74, 6) is -0.723. The lowest BCUT2D eigenvalue weighted by atomic mass is 9.86. The molecule has 0 aliphatic heterocycles. The summed E-state index contributed by atoms with van der Waals surface area (Å²) in [6.45, 7) is 8.58. The van der Waals surface area contributed by atoms with Gasteiger partial charge < -0.3 is 9.84 Å². The minimum atomic E-state index is -1.03. The van der Waals surface area contributed by atoms with Crippen molar-refractivity contribution >= 4 is 11.5 Å². The maximum Gasteiger partial charge on any atom is 0.332 e. The van der Waals surface area contributed by atoms with Gasteiger partial charge in [-0.3, -0.25) is 0 Å². The average molecular weight is 300 g/mol. The summed E-state index contributed by atoms with van der Waals surface area (Å²) in [6.07, 6.45) is 6.37. The number of benzene rings is 1. The zero-order valence-corrected chi connectivity index (χ0v) is 13.9. The van der Waals surface area contributed by atoms with Gasteiger partial charge in [0.25, 0.3) is 0 Å². The molecule has 0 aliphatic rings. The molecule has 0 atom stereocenters. The average Bonchev–Trinajstić information content (AvgIpc) is 2.44. The van der Waals surface area contributed by atoms with Gasteiger partial charge in [-0.15, -0.1) is 0 Å². The smallest absolute Gasteiger partial charge is 0.332 e. The monoisotopic (exact) mass is 300 g/mol. The first-order valence-electron chi connectivity index (χ1n) is 7.18. The van der Waals surface area contributed by atoms with Gasteiger partial charge in [0.2, 0.25) is 0 Å². The van der Waals surface area contributed by atoms with E-state index in [4.69, 9.17) is 9.84 Å². The molecule has 22 heavy (non-hydrogen) atoms. The zero-order valence-electron chi connectivity index (χ0n) is 13.9. The number of hydrogen-bond donors (Lipinski definition) is 1. The van der Waals surface area contributed by atoms with Crippen molar-refractivity contribution in [1.29, 1.82) is 0 Å². The second kappa shape index (κ2) is 7.64. The SMILES string of the molecule is COC(C=CC=C(C)c1ccc(C(C)(C)C)cc1)=CC(=O)O. The summed E-state index contributed by atoms with van der Waals surface area (Å²) in [7, 11) is 1.45. The van der Waals surface area contributed by atoms with Crippen molar-refractivity contribution in [2.45, 2.75) is 33.1 Å². The highest BCUT2D eigenvalue weighted by Gasteiger charge is 2.12. The Balaban J connectivity index is 2.87. The number of rotatable bonds is 5. The van der Waals surface area contributed by atoms with Crippen LogP contribution in [-0.2, 0) is 14.9 Å². The van der Waals surface area contributed by atoms with Crippen LogP contribution in [0.2, 0.25) is 0 Å². The van der Waals surface area contributed by atoms with E-state index in [2.05, 4.69) is 45.0 Å². The summed E-state index contributed by atoms with van der Waals surface area (Å²) in [6, 6.07) is 8.48. The molecule has 0 radical (unpaired) electrons. The van der Waals surface area contributed by atoms with E-state index in [-0.39, 0.29) is 5.41 Å². The van der Waals surface area contributed by atoms with Gasteiger partial charge in [-0.1, -0.05) is 57.2 Å². The summed E-state index contributed by atoms with van der Waals surface area (Å²) >= 11 is 0. The van der Waals surface area contributed by atoms with Crippen molar-refractivity contribution in [3.05, 3.63) is 65.5 Å². The van der Waals surface area contributed by atoms with Crippen LogP contribution in [0.3, 0.4) is 0 Å². The molecule has 0 saturated carbocycles. The number of carboxylic acid groups (broad SMARTS) is 1. The van der Waals surface area contributed by atoms with Gasteiger partial charge in [0, 0.05) is 0 Å². The second-order valence-corrected chi connectivity index (χ2v) is 6.13. The molecule has 1 aromatic rings. The van der Waals surface area contributed by atoms with Crippen LogP contribution in [0.25, 0.3) is 5.57 Å². The Kier molecular flexibility index (Phi) is 6.17. The van der Waals surface area contributed by atoms with E-state index < -0.39 is 5.97 Å². The molecule has 1 rings (SSSR count). The van der Waals surface area contributed by atoms with E-state index in [1.54, 1.807) is 12.2 Å². The molecule has 1 N–H and O–H groups in total. The molecule has 0 fully saturated rings. The summed E-state index contributed by atoms with van der Waals surface area (Å²) in [5, 5.41) is 8.69. The fraction of sp³-hybridized carbons (Fsp3) is 0.316. The lowest BCUT2D eigenvalue weighted by Gasteiger charge is -2.19. The van der Waals surface area contributed by atoms with Gasteiger partial charge in [-0.2, -0.15) is 0 Å². The van der Waals surface area contributed by atoms with Gasteiger partial charge >= 0.3 is 5.97 Å². The van der Waals surface area contributed by atoms with Crippen molar-refractivity contribution in [2.24, 2.45) is 0 Å². The number of aliphatic carboxylic acids is 1. The third-order valence-corrected chi connectivity index (χ3v) is 3.31. The van der Waals surface area contributed by atoms with Crippen molar-refractivity contribution in [3.8, 4) is 0 Å². The van der Waals surface area contributed by atoms with Crippen LogP contribution in [0.15, 0.2) is 54.3 Å². The summed E-state index contributed by atoms with van der Waals surface area (Å²) in [4.78, 5) is 10.6. The number of carboxylic acids is 1. The zero-order chi connectivity index (χ0) is 16.8. The topological polar surface area (TPSA) is 46.5 Å². The molecule has 3 nitrogen and oxygen atoms in total. The van der Waals surface area contributed by atoms with Crippen LogP contribution in [-0.4, -0.2) is 18.2 Å². The van der Waals surface area contributed by atoms with E-state index >= 15 is 0 Å². The van der Waals surface area contributed by atoms with Gasteiger partial charge in [0.05, 0.1) is 13.2 Å². The van der Waals surface area contributed by atoms with Crippen LogP contribution < -0.4 is 0 Å². The van der Waals surface area contributed by atoms with Crippen LogP contribution in [0.4, 0.5) is 0 Å². The molecule has 0 aromatic heterocycles. The van der Waals surface area contributed by atoms with Crippen LogP contribution >= 0.6 is 0 Å². The minimum Gasteiger partial charge on any atom is -0.496 e. The number of hydrogen-bond acceptors (Lipinski definition) is 2. The fourth-order valence-corrected chi connectivity index (χ4v) is 1.91. The first-order chi connectivity index (χ1) is 10.2. The number of allylic oxidation sites excluding steroid dienone is 4. The van der Waals surface area contributed by atoms with Crippen LogP contribution in [0.1, 0.15) is 38.8 Å². The van der Waals surface area contributed by atoms with Crippen molar-refractivity contribution in [2.75, 3.05) is 7.11 Å². The normalized spacial score (nSPS) is 13.5. The van der Waals surface area contributed by atoms with Crippen molar-refractivity contribution in [3.63, 3.8) is 0 Å². The van der Waals surface area contributed by atoms with E-state index in [1.807, 2.05) is 13.0 Å². The van der Waals surface area contributed by atoms with Crippen molar-refractivity contribution < 1.29 is 14.6 Å². The first-order valence-corrected chi connectivity index (χ1v) is 7.18. The van der Waals surface area contributed by atoms with Gasteiger partial charge in [0.15, 0.2) is 0 Å². The standard InChI is InChI=1S/C19H24O3/c1-14(7-6-8-17(22-5)13-18(20)21)15-9-11-16(12-10-15)19(2,3)4/h6-13H,1-5H3,(H,20,21). The first kappa shape index (κ1) is 17.8. The predicted molar refractivity (Wildman–Crippen MR) is 90.7 cm³/mol. The van der Waals surface area contributed by atoms with Gasteiger partial charge in [0.1, 0.15) is 5.76 Å². The van der Waals surface area contributed by atoms with E-state index in [1.165, 1.54) is 12.7 Å². The summed E-state index contributed by atoms with van der Waals surface area (Å²) in [5.41, 5.74) is 3.68. The highest BCUT2D eigenvalue weighted by Crippen LogP contribution is 2.24. The molecule has 0 heterocycles. The predicted octanol–water partition coefficient (Wildman–Crippen LogP) is 4.56. The van der Waals surface area contributed by atoms with Gasteiger partial charge in [-0.05, 0) is 35.1 Å². The highest BCUT2D eigenvalue weighted by molar-refractivity contribution is 5.80. The largest absolute Gasteiger partial charge is 0.496 e. The quantitative estimate of drug-likeness (QED) is 0.492. The lowest BCUT2D eigenvalue weighted by Crippen LogP contribution is -2.10. The Morgan fingerprint density at radius 2 is 1.77 bits per heavy atom. The molecule has 3 heteroatoms. The third-order valence-electron chi connectivity index (χ3n) is 3.31. The van der Waals surface area contributed by atoms with Crippen LogP contribution in [0.5, 0.6) is 0 Å². The lowest BCUT2D eigenvalue weighted by molar-refractivity contribution is -0.131. The Morgan fingerprint density at radius 1 is 1.18 bits per heavy atom. The molecule has 0 spiro atoms. The number of methoxy groups -OCH3 is 1. The Morgan fingerprint density at radius 3 is 2.23 bits per heavy atom. The molecular weight excluding hydrogens is 276 g/mol. The maximum atomic E-state index is 10.6. The van der Waals surface area contributed by atoms with E-state index in [0.29, 0.717) is 5.76 Å². The van der Waals surface area contributed by atoms with Gasteiger partial charge in [-0.25, -0.2) is 4.79 Å². The minimum absolute atomic E-state index is 0.144.